The van der Waals surface area contributed by atoms with E-state index in [0.717, 1.165) is 51.6 Å². The van der Waals surface area contributed by atoms with Gasteiger partial charge in [-0.3, -0.25) is 14.5 Å². The summed E-state index contributed by atoms with van der Waals surface area (Å²) in [6.07, 6.45) is -2.26. The smallest absolute Gasteiger partial charge is 0.380 e. The number of carbonyl (C=O) groups excluding carboxylic acids is 2. The molecule has 14 heteroatoms. The lowest BCUT2D eigenvalue weighted by molar-refractivity contribution is -0.146. The fourth-order valence-corrected chi connectivity index (χ4v) is 6.21. The van der Waals surface area contributed by atoms with E-state index < -0.39 is 12.1 Å². The molecular formula is C28H33Cl4F3N4O2S. The molecule has 0 aromatic heterocycles. The van der Waals surface area contributed by atoms with Crippen molar-refractivity contribution in [1.82, 2.24) is 14.7 Å². The SMILES string of the molecule is CC(c1cc(Cl)cc(Cl)c1)C(F)(F)F.CN(C)C(=O)c1c(Cl)cc(NC2CN(C3CCN(C(=O)CS)CC3)C2)cc1Cl. The van der Waals surface area contributed by atoms with Gasteiger partial charge in [0.05, 0.1) is 33.3 Å². The Labute approximate surface area is 269 Å². The molecule has 2 aromatic rings. The van der Waals surface area contributed by atoms with Crippen LogP contribution in [0.25, 0.3) is 0 Å². The van der Waals surface area contributed by atoms with E-state index >= 15 is 0 Å². The number of nitrogens with one attached hydrogen (secondary N) is 1. The van der Waals surface area contributed by atoms with Gasteiger partial charge in [-0.15, -0.1) is 0 Å². The summed E-state index contributed by atoms with van der Waals surface area (Å²) in [6, 6.07) is 8.30. The van der Waals surface area contributed by atoms with E-state index in [9.17, 15) is 22.8 Å². The number of hydrogen-bond donors (Lipinski definition) is 2. The molecule has 0 saturated carbocycles. The Hall–Kier alpha value is -1.56. The molecule has 1 atom stereocenters. The molecule has 1 unspecified atom stereocenters. The minimum atomic E-state index is -4.27. The molecule has 2 aliphatic heterocycles. The molecule has 2 amide bonds. The van der Waals surface area contributed by atoms with Crippen molar-refractivity contribution in [2.24, 2.45) is 0 Å². The molecule has 6 nitrogen and oxygen atoms in total. The standard InChI is InChI=1S/C19H26Cl2N4O2S.C9H7Cl2F3/c1-23(2)19(27)18-15(20)7-12(8-16(18)21)22-13-9-25(10-13)14-3-5-24(6-4-14)17(26)11-28;1-5(9(12,13)14)6-2-7(10)4-8(11)3-6/h7-8,13-14,22,28H,3-6,9-11H2,1-2H3;2-5H,1H3. The number of benzene rings is 2. The van der Waals surface area contributed by atoms with E-state index in [-0.39, 0.29) is 33.2 Å². The van der Waals surface area contributed by atoms with Crippen molar-refractivity contribution in [2.75, 3.05) is 51.3 Å². The molecule has 2 saturated heterocycles. The van der Waals surface area contributed by atoms with Crippen molar-refractivity contribution in [3.63, 3.8) is 0 Å². The molecule has 4 rings (SSSR count). The molecule has 0 radical (unpaired) electrons. The summed E-state index contributed by atoms with van der Waals surface area (Å²) < 4.78 is 36.9. The van der Waals surface area contributed by atoms with Crippen LogP contribution < -0.4 is 5.32 Å². The zero-order valence-electron chi connectivity index (χ0n) is 23.3. The number of rotatable bonds is 6. The third kappa shape index (κ3) is 9.22. The first-order valence-corrected chi connectivity index (χ1v) is 15.4. The number of halogens is 7. The van der Waals surface area contributed by atoms with Crippen LogP contribution in [0, 0.1) is 0 Å². The number of amides is 2. The number of alkyl halides is 3. The summed E-state index contributed by atoms with van der Waals surface area (Å²) in [4.78, 5) is 29.7. The van der Waals surface area contributed by atoms with Crippen molar-refractivity contribution in [3.8, 4) is 0 Å². The molecule has 2 heterocycles. The van der Waals surface area contributed by atoms with Gasteiger partial charge in [-0.25, -0.2) is 0 Å². The highest BCUT2D eigenvalue weighted by Crippen LogP contribution is 2.36. The average Bonchev–Trinajstić information content (AvgIpc) is 2.88. The van der Waals surface area contributed by atoms with Crippen LogP contribution in [0.1, 0.15) is 41.6 Å². The number of piperidine rings is 1. The monoisotopic (exact) mass is 686 g/mol. The van der Waals surface area contributed by atoms with Gasteiger partial charge in [0, 0.05) is 62.0 Å². The van der Waals surface area contributed by atoms with Crippen molar-refractivity contribution >= 4 is 76.5 Å². The maximum atomic E-state index is 12.3. The number of hydrogen-bond acceptors (Lipinski definition) is 5. The van der Waals surface area contributed by atoms with Crippen LogP contribution in [0.5, 0.6) is 0 Å². The van der Waals surface area contributed by atoms with Gasteiger partial charge in [-0.05, 0) is 55.7 Å². The maximum Gasteiger partial charge on any atom is 0.395 e. The molecular weight excluding hydrogens is 655 g/mol. The predicted molar refractivity (Wildman–Crippen MR) is 168 cm³/mol. The van der Waals surface area contributed by atoms with Gasteiger partial charge in [-0.1, -0.05) is 46.4 Å². The predicted octanol–water partition coefficient (Wildman–Crippen LogP) is 7.37. The normalized spacial score (nSPS) is 17.2. The largest absolute Gasteiger partial charge is 0.395 e. The van der Waals surface area contributed by atoms with Crippen LogP contribution in [0.4, 0.5) is 18.9 Å². The minimum Gasteiger partial charge on any atom is -0.380 e. The molecule has 2 aromatic carbocycles. The summed E-state index contributed by atoms with van der Waals surface area (Å²) in [5.74, 6) is -1.36. The second-order valence-corrected chi connectivity index (χ2v) is 12.5. The minimum absolute atomic E-state index is 0.0787. The van der Waals surface area contributed by atoms with Crippen molar-refractivity contribution < 1.29 is 22.8 Å². The molecule has 0 aliphatic carbocycles. The Morgan fingerprint density at radius 1 is 1.00 bits per heavy atom. The summed E-state index contributed by atoms with van der Waals surface area (Å²) >= 11 is 27.9. The van der Waals surface area contributed by atoms with Crippen LogP contribution >= 0.6 is 59.0 Å². The highest BCUT2D eigenvalue weighted by Gasteiger charge is 2.37. The van der Waals surface area contributed by atoms with Crippen molar-refractivity contribution in [2.45, 2.75) is 43.9 Å². The number of anilines is 1. The molecule has 1 N–H and O–H groups in total. The molecule has 0 bridgehead atoms. The summed E-state index contributed by atoms with van der Waals surface area (Å²) in [6.45, 7) is 4.58. The van der Waals surface area contributed by atoms with Crippen molar-refractivity contribution in [1.29, 1.82) is 0 Å². The number of likely N-dealkylation sites (tertiary alicyclic amines) is 2. The highest BCUT2D eigenvalue weighted by molar-refractivity contribution is 7.81. The third-order valence-corrected chi connectivity index (χ3v) is 8.59. The van der Waals surface area contributed by atoms with E-state index in [1.54, 1.807) is 26.2 Å². The van der Waals surface area contributed by atoms with Crippen LogP contribution in [0.15, 0.2) is 30.3 Å². The second-order valence-electron chi connectivity index (χ2n) is 10.5. The van der Waals surface area contributed by atoms with Gasteiger partial charge in [0.1, 0.15) is 0 Å². The second kappa shape index (κ2) is 14.9. The molecule has 0 spiro atoms. The Morgan fingerprint density at radius 2 is 1.52 bits per heavy atom. The van der Waals surface area contributed by atoms with Crippen molar-refractivity contribution in [3.05, 3.63) is 61.5 Å². The van der Waals surface area contributed by atoms with E-state index in [1.807, 2.05) is 4.90 Å². The first kappa shape index (κ1) is 34.9. The first-order valence-electron chi connectivity index (χ1n) is 13.2. The molecule has 232 valence electrons. The lowest BCUT2D eigenvalue weighted by Gasteiger charge is -2.47. The fraction of sp³-hybridized carbons (Fsp3) is 0.500. The summed E-state index contributed by atoms with van der Waals surface area (Å²) in [5.41, 5.74) is 1.23. The Kier molecular flexibility index (Phi) is 12.4. The van der Waals surface area contributed by atoms with Gasteiger partial charge in [0.2, 0.25) is 5.91 Å². The maximum absolute atomic E-state index is 12.3. The van der Waals surface area contributed by atoms with E-state index in [1.165, 1.54) is 23.1 Å². The zero-order chi connectivity index (χ0) is 31.4. The molecule has 2 fully saturated rings. The van der Waals surface area contributed by atoms with E-state index in [4.69, 9.17) is 46.4 Å². The van der Waals surface area contributed by atoms with Gasteiger partial charge in [0.15, 0.2) is 0 Å². The zero-order valence-corrected chi connectivity index (χ0v) is 27.2. The van der Waals surface area contributed by atoms with Gasteiger partial charge in [0.25, 0.3) is 5.91 Å². The topological polar surface area (TPSA) is 55.9 Å². The Balaban J connectivity index is 0.000000291. The number of thiol groups is 1. The quantitative estimate of drug-likeness (QED) is 0.312. The third-order valence-electron chi connectivity index (χ3n) is 7.29. The molecule has 2 aliphatic rings. The molecule has 42 heavy (non-hydrogen) atoms. The van der Waals surface area contributed by atoms with Crippen LogP contribution in [-0.2, 0) is 4.79 Å². The van der Waals surface area contributed by atoms with E-state index in [2.05, 4.69) is 22.8 Å². The lowest BCUT2D eigenvalue weighted by atomic mass is 9.97. The Bertz CT molecular complexity index is 1230. The van der Waals surface area contributed by atoms with Crippen LogP contribution in [0.3, 0.4) is 0 Å². The van der Waals surface area contributed by atoms with Gasteiger partial charge >= 0.3 is 6.18 Å². The average molecular weight is 688 g/mol. The summed E-state index contributed by atoms with van der Waals surface area (Å²) in [7, 11) is 3.34. The lowest BCUT2D eigenvalue weighted by Crippen LogP contribution is -2.60. The van der Waals surface area contributed by atoms with Crippen LogP contribution in [-0.4, -0.2) is 90.8 Å². The van der Waals surface area contributed by atoms with Gasteiger partial charge < -0.3 is 15.1 Å². The Morgan fingerprint density at radius 3 is 1.98 bits per heavy atom. The first-order chi connectivity index (χ1) is 19.6. The summed E-state index contributed by atoms with van der Waals surface area (Å²) in [5, 5.41) is 4.58. The number of carbonyl (C=O) groups is 2. The highest BCUT2D eigenvalue weighted by atomic mass is 35.5. The number of nitrogens with zero attached hydrogens (tertiary/aromatic N) is 3. The fourth-order valence-electron chi connectivity index (χ4n) is 4.82. The van der Waals surface area contributed by atoms with E-state index in [0.29, 0.717) is 27.7 Å². The van der Waals surface area contributed by atoms with Crippen LogP contribution in [0.2, 0.25) is 20.1 Å². The van der Waals surface area contributed by atoms with Gasteiger partial charge in [-0.2, -0.15) is 25.8 Å².